The Hall–Kier alpha value is -3.17. The normalized spacial score (nSPS) is 20.5. The van der Waals surface area contributed by atoms with E-state index in [2.05, 4.69) is 20.9 Å². The summed E-state index contributed by atoms with van der Waals surface area (Å²) in [7, 11) is 1.57. The van der Waals surface area contributed by atoms with Crippen LogP contribution in [0.2, 0.25) is 0 Å². The first-order valence-corrected chi connectivity index (χ1v) is 10.2. The van der Waals surface area contributed by atoms with E-state index < -0.39 is 6.10 Å². The molecule has 1 aromatic carbocycles. The average Bonchev–Trinajstić information content (AvgIpc) is 2.80. The highest BCUT2D eigenvalue weighted by atomic mass is 16.5. The number of aliphatic hydroxyl groups is 1. The summed E-state index contributed by atoms with van der Waals surface area (Å²) in [6.45, 7) is 0.102. The maximum Gasteiger partial charge on any atom is 0.319 e. The lowest BCUT2D eigenvalue weighted by atomic mass is 9.97. The molecule has 166 valence electrons. The number of anilines is 1. The van der Waals surface area contributed by atoms with Crippen LogP contribution in [0, 0.1) is 0 Å². The highest BCUT2D eigenvalue weighted by molar-refractivity contribution is 5.89. The zero-order chi connectivity index (χ0) is 22.1. The molecule has 0 unspecified atom stereocenters. The number of carbonyl (C=O) groups excluding carboxylic acids is 2. The molecule has 0 bridgehead atoms. The largest absolute Gasteiger partial charge is 0.497 e. The molecule has 1 saturated heterocycles. The average molecular weight is 428 g/mol. The van der Waals surface area contributed by atoms with Crippen LogP contribution in [0.1, 0.15) is 25.0 Å². The number of rotatable bonds is 8. The fourth-order valence-corrected chi connectivity index (χ4v) is 3.43. The van der Waals surface area contributed by atoms with Crippen molar-refractivity contribution >= 4 is 17.6 Å². The molecule has 3 amide bonds. The summed E-state index contributed by atoms with van der Waals surface area (Å²) in [6.07, 6.45) is 2.16. The topological polar surface area (TPSA) is 122 Å². The van der Waals surface area contributed by atoms with E-state index in [-0.39, 0.29) is 37.1 Å². The molecule has 1 aliphatic rings. The zero-order valence-electron chi connectivity index (χ0n) is 17.4. The van der Waals surface area contributed by atoms with Crippen LogP contribution in [0.3, 0.4) is 0 Å². The first kappa shape index (κ1) is 22.5. The second-order valence-electron chi connectivity index (χ2n) is 7.29. The van der Waals surface area contributed by atoms with Gasteiger partial charge >= 0.3 is 6.03 Å². The minimum Gasteiger partial charge on any atom is -0.497 e. The van der Waals surface area contributed by atoms with Crippen LogP contribution in [0.5, 0.6) is 5.75 Å². The van der Waals surface area contributed by atoms with Gasteiger partial charge in [-0.3, -0.25) is 9.78 Å². The Balaban J connectivity index is 1.43. The number of pyridine rings is 1. The van der Waals surface area contributed by atoms with Crippen molar-refractivity contribution in [2.45, 2.75) is 44.1 Å². The van der Waals surface area contributed by atoms with Crippen LogP contribution < -0.4 is 20.7 Å². The second-order valence-corrected chi connectivity index (χ2v) is 7.29. The van der Waals surface area contributed by atoms with Gasteiger partial charge in [0.15, 0.2) is 0 Å². The first-order valence-electron chi connectivity index (χ1n) is 10.2. The van der Waals surface area contributed by atoms with E-state index >= 15 is 0 Å². The highest BCUT2D eigenvalue weighted by Crippen LogP contribution is 2.22. The predicted molar refractivity (Wildman–Crippen MR) is 115 cm³/mol. The molecule has 31 heavy (non-hydrogen) atoms. The fraction of sp³-hybridized carbons (Fsp3) is 0.409. The molecule has 1 aliphatic heterocycles. The third-order valence-corrected chi connectivity index (χ3v) is 5.07. The molecule has 0 spiro atoms. The Bertz CT molecular complexity index is 847. The molecule has 0 saturated carbocycles. The third-order valence-electron chi connectivity index (χ3n) is 5.07. The first-order chi connectivity index (χ1) is 15.1. The van der Waals surface area contributed by atoms with Crippen LogP contribution >= 0.6 is 0 Å². The number of hydrogen-bond donors (Lipinski definition) is 4. The van der Waals surface area contributed by atoms with Gasteiger partial charge in [-0.25, -0.2) is 4.79 Å². The Kier molecular flexibility index (Phi) is 8.19. The minimum atomic E-state index is -0.580. The maximum absolute atomic E-state index is 12.3. The van der Waals surface area contributed by atoms with Crippen molar-refractivity contribution in [1.82, 2.24) is 15.6 Å². The summed E-state index contributed by atoms with van der Waals surface area (Å²) in [5.74, 6) is 0.554. The number of urea groups is 1. The molecule has 1 aromatic heterocycles. The molecule has 0 aliphatic carbocycles. The van der Waals surface area contributed by atoms with Crippen LogP contribution in [-0.2, 0) is 16.1 Å². The second kappa shape index (κ2) is 11.3. The van der Waals surface area contributed by atoms with Crippen molar-refractivity contribution in [3.63, 3.8) is 0 Å². The molecule has 9 heteroatoms. The summed E-state index contributed by atoms with van der Waals surface area (Å²) in [5, 5.41) is 18.1. The van der Waals surface area contributed by atoms with E-state index in [9.17, 15) is 14.7 Å². The molecule has 4 N–H and O–H groups in total. The molecular formula is C22H28N4O5. The molecule has 3 rings (SSSR count). The standard InChI is InChI=1S/C22H28N4O5/c1-30-17-7-5-15(6-8-17)25-22(29)26-19-10-9-18(31-20(19)14-27)12-21(28)24-13-16-4-2-3-11-23-16/h2-8,11,18-20,27H,9-10,12-14H2,1H3,(H,24,28)(H2,25,26,29)/t18-,19-,20-/m1/s1. The number of nitrogens with zero attached hydrogens (tertiary/aromatic N) is 1. The number of benzene rings is 1. The predicted octanol–water partition coefficient (Wildman–Crippen LogP) is 1.83. The number of nitrogens with one attached hydrogen (secondary N) is 3. The lowest BCUT2D eigenvalue weighted by Crippen LogP contribution is -2.52. The van der Waals surface area contributed by atoms with E-state index in [1.165, 1.54) is 0 Å². The summed E-state index contributed by atoms with van der Waals surface area (Å²) in [4.78, 5) is 28.7. The van der Waals surface area contributed by atoms with Gasteiger partial charge in [-0.1, -0.05) is 6.07 Å². The van der Waals surface area contributed by atoms with E-state index in [0.29, 0.717) is 30.8 Å². The number of methoxy groups -OCH3 is 1. The Morgan fingerprint density at radius 1 is 1.19 bits per heavy atom. The molecule has 3 atom stereocenters. The van der Waals surface area contributed by atoms with Gasteiger partial charge in [-0.2, -0.15) is 0 Å². The van der Waals surface area contributed by atoms with Gasteiger partial charge < -0.3 is 30.5 Å². The van der Waals surface area contributed by atoms with Crippen molar-refractivity contribution in [2.75, 3.05) is 19.0 Å². The molecule has 2 aromatic rings. The smallest absolute Gasteiger partial charge is 0.319 e. The monoisotopic (exact) mass is 428 g/mol. The third kappa shape index (κ3) is 6.94. The van der Waals surface area contributed by atoms with Crippen LogP contribution in [0.25, 0.3) is 0 Å². The van der Waals surface area contributed by atoms with E-state index in [4.69, 9.17) is 9.47 Å². The van der Waals surface area contributed by atoms with Crippen molar-refractivity contribution in [1.29, 1.82) is 0 Å². The number of aliphatic hydroxyl groups excluding tert-OH is 1. The van der Waals surface area contributed by atoms with Crippen LogP contribution in [0.15, 0.2) is 48.7 Å². The number of ether oxygens (including phenoxy) is 2. The van der Waals surface area contributed by atoms with Gasteiger partial charge in [0.25, 0.3) is 0 Å². The van der Waals surface area contributed by atoms with Crippen molar-refractivity contribution in [3.05, 3.63) is 54.4 Å². The van der Waals surface area contributed by atoms with E-state index in [0.717, 1.165) is 5.69 Å². The summed E-state index contributed by atoms with van der Waals surface area (Å²) < 4.78 is 11.0. The molecule has 9 nitrogen and oxygen atoms in total. The van der Waals surface area contributed by atoms with Crippen molar-refractivity contribution in [2.24, 2.45) is 0 Å². The van der Waals surface area contributed by atoms with Crippen molar-refractivity contribution in [3.8, 4) is 5.75 Å². The van der Waals surface area contributed by atoms with Gasteiger partial charge in [-0.05, 0) is 49.2 Å². The molecule has 2 heterocycles. The number of aromatic nitrogens is 1. The zero-order valence-corrected chi connectivity index (χ0v) is 17.4. The number of amides is 3. The quantitative estimate of drug-likeness (QED) is 0.509. The fourth-order valence-electron chi connectivity index (χ4n) is 3.43. The maximum atomic E-state index is 12.3. The lowest BCUT2D eigenvalue weighted by Gasteiger charge is -2.35. The number of hydrogen-bond acceptors (Lipinski definition) is 6. The van der Waals surface area contributed by atoms with Gasteiger partial charge in [0.1, 0.15) is 11.9 Å². The van der Waals surface area contributed by atoms with Gasteiger partial charge in [0, 0.05) is 11.9 Å². The highest BCUT2D eigenvalue weighted by Gasteiger charge is 2.32. The minimum absolute atomic E-state index is 0.143. The molecule has 1 fully saturated rings. The molecule has 0 radical (unpaired) electrons. The SMILES string of the molecule is COc1ccc(NC(=O)N[C@@H]2CC[C@H](CC(=O)NCc3ccccn3)O[C@@H]2CO)cc1. The Morgan fingerprint density at radius 3 is 2.68 bits per heavy atom. The lowest BCUT2D eigenvalue weighted by molar-refractivity contribution is -0.130. The summed E-state index contributed by atoms with van der Waals surface area (Å²) >= 11 is 0. The van der Waals surface area contributed by atoms with Crippen molar-refractivity contribution < 1.29 is 24.2 Å². The van der Waals surface area contributed by atoms with Crippen LogP contribution in [0.4, 0.5) is 10.5 Å². The van der Waals surface area contributed by atoms with Gasteiger partial charge in [0.2, 0.25) is 5.91 Å². The summed E-state index contributed by atoms with van der Waals surface area (Å²) in [6, 6.07) is 11.8. The van der Waals surface area contributed by atoms with Crippen LogP contribution in [-0.4, -0.2) is 54.0 Å². The van der Waals surface area contributed by atoms with E-state index in [1.54, 1.807) is 37.6 Å². The Labute approximate surface area is 181 Å². The Morgan fingerprint density at radius 2 is 2.00 bits per heavy atom. The molecular weight excluding hydrogens is 400 g/mol. The van der Waals surface area contributed by atoms with Gasteiger partial charge in [-0.15, -0.1) is 0 Å². The summed E-state index contributed by atoms with van der Waals surface area (Å²) in [5.41, 5.74) is 1.40. The van der Waals surface area contributed by atoms with E-state index in [1.807, 2.05) is 18.2 Å². The van der Waals surface area contributed by atoms with Gasteiger partial charge in [0.05, 0.1) is 44.5 Å². The number of carbonyl (C=O) groups is 2.